The smallest absolute Gasteiger partial charge is 0.311 e. The van der Waals surface area contributed by atoms with E-state index in [4.69, 9.17) is 21.1 Å². The van der Waals surface area contributed by atoms with Crippen LogP contribution < -0.4 is 9.47 Å². The van der Waals surface area contributed by atoms with E-state index in [1.54, 1.807) is 61.5 Å². The first-order valence-corrected chi connectivity index (χ1v) is 12.4. The Morgan fingerprint density at radius 2 is 1.89 bits per heavy atom. The third-order valence-corrected chi connectivity index (χ3v) is 6.70. The standard InChI is InChI=1S/C30H23ClFNO5/c1-17-13-19(7-10-25(17)32)26-4-2-3-20(33-26)14-27(34)18-5-8-21(9-6-18)38-29-16-28-23(15-24(29)31)22(30(35)36)11-12-37-28/h2-10,13,15-16,22H,11-12,14H2,1H3,(H,35,36). The van der Waals surface area contributed by atoms with Gasteiger partial charge in [-0.25, -0.2) is 4.39 Å². The molecule has 38 heavy (non-hydrogen) atoms. The molecule has 1 unspecified atom stereocenters. The Labute approximate surface area is 223 Å². The van der Waals surface area contributed by atoms with Crippen LogP contribution in [0.5, 0.6) is 17.2 Å². The monoisotopic (exact) mass is 531 g/mol. The molecule has 4 aromatic rings. The molecule has 0 radical (unpaired) electrons. The molecule has 2 heterocycles. The largest absolute Gasteiger partial charge is 0.493 e. The normalized spacial score (nSPS) is 14.3. The van der Waals surface area contributed by atoms with Crippen molar-refractivity contribution in [2.45, 2.75) is 25.7 Å². The predicted molar refractivity (Wildman–Crippen MR) is 141 cm³/mol. The lowest BCUT2D eigenvalue weighted by Crippen LogP contribution is -2.20. The minimum atomic E-state index is -0.924. The fourth-order valence-electron chi connectivity index (χ4n) is 4.37. The van der Waals surface area contributed by atoms with Crippen molar-refractivity contribution in [3.63, 3.8) is 0 Å². The molecule has 6 nitrogen and oxygen atoms in total. The number of rotatable bonds is 7. The van der Waals surface area contributed by atoms with E-state index in [0.29, 0.717) is 58.4 Å². The van der Waals surface area contributed by atoms with Crippen LogP contribution in [0, 0.1) is 12.7 Å². The number of halogens is 2. The molecule has 3 aromatic carbocycles. The quantitative estimate of drug-likeness (QED) is 0.258. The van der Waals surface area contributed by atoms with Crippen LogP contribution in [0.2, 0.25) is 5.02 Å². The second-order valence-corrected chi connectivity index (χ2v) is 9.46. The Morgan fingerprint density at radius 1 is 1.11 bits per heavy atom. The number of carboxylic acid groups (broad SMARTS) is 1. The fourth-order valence-corrected chi connectivity index (χ4v) is 4.58. The molecule has 5 rings (SSSR count). The van der Waals surface area contributed by atoms with Crippen LogP contribution in [0.3, 0.4) is 0 Å². The molecule has 1 aliphatic heterocycles. The van der Waals surface area contributed by atoms with E-state index in [1.165, 1.54) is 6.07 Å². The van der Waals surface area contributed by atoms with Crippen molar-refractivity contribution in [3.05, 3.63) is 106 Å². The summed E-state index contributed by atoms with van der Waals surface area (Å²) in [5.41, 5.74) is 3.60. The molecule has 1 N–H and O–H groups in total. The average molecular weight is 532 g/mol. The van der Waals surface area contributed by atoms with Crippen molar-refractivity contribution in [2.24, 2.45) is 0 Å². The molecule has 0 fully saturated rings. The van der Waals surface area contributed by atoms with E-state index in [2.05, 4.69) is 4.98 Å². The Balaban J connectivity index is 1.28. The van der Waals surface area contributed by atoms with E-state index >= 15 is 0 Å². The molecule has 1 aromatic heterocycles. The van der Waals surface area contributed by atoms with Gasteiger partial charge in [0, 0.05) is 28.5 Å². The van der Waals surface area contributed by atoms with Gasteiger partial charge in [-0.3, -0.25) is 14.6 Å². The van der Waals surface area contributed by atoms with Gasteiger partial charge in [0.1, 0.15) is 23.1 Å². The van der Waals surface area contributed by atoms with E-state index in [9.17, 15) is 19.1 Å². The molecule has 192 valence electrons. The van der Waals surface area contributed by atoms with Crippen molar-refractivity contribution < 1.29 is 28.6 Å². The summed E-state index contributed by atoms with van der Waals surface area (Å²) in [5, 5.41) is 9.72. The predicted octanol–water partition coefficient (Wildman–Crippen LogP) is 7.02. The average Bonchev–Trinajstić information content (AvgIpc) is 2.91. The molecule has 0 aliphatic carbocycles. The number of Topliss-reactive ketones (excluding diaryl/α,β-unsaturated/α-hetero) is 1. The molecular formula is C30H23ClFNO5. The molecule has 0 saturated carbocycles. The number of carbonyl (C=O) groups excluding carboxylic acids is 1. The summed E-state index contributed by atoms with van der Waals surface area (Å²) >= 11 is 6.37. The summed E-state index contributed by atoms with van der Waals surface area (Å²) in [6, 6.07) is 20.0. The van der Waals surface area contributed by atoms with Gasteiger partial charge in [-0.15, -0.1) is 0 Å². The van der Waals surface area contributed by atoms with Crippen molar-refractivity contribution in [1.82, 2.24) is 4.98 Å². The maximum atomic E-state index is 13.6. The van der Waals surface area contributed by atoms with Crippen LogP contribution in [-0.4, -0.2) is 28.4 Å². The van der Waals surface area contributed by atoms with E-state index in [0.717, 1.165) is 5.56 Å². The Bertz CT molecular complexity index is 1540. The molecule has 8 heteroatoms. The number of aromatic nitrogens is 1. The minimum Gasteiger partial charge on any atom is -0.493 e. The van der Waals surface area contributed by atoms with E-state index in [-0.39, 0.29) is 23.0 Å². The molecular weight excluding hydrogens is 509 g/mol. The first-order valence-electron chi connectivity index (χ1n) is 12.0. The van der Waals surface area contributed by atoms with Crippen LogP contribution in [0.25, 0.3) is 11.3 Å². The molecule has 1 atom stereocenters. The number of aliphatic carboxylic acids is 1. The summed E-state index contributed by atoms with van der Waals surface area (Å²) in [6.45, 7) is 1.99. The lowest BCUT2D eigenvalue weighted by Gasteiger charge is -2.24. The highest BCUT2D eigenvalue weighted by molar-refractivity contribution is 6.32. The Morgan fingerprint density at radius 3 is 2.63 bits per heavy atom. The highest BCUT2D eigenvalue weighted by Gasteiger charge is 2.29. The van der Waals surface area contributed by atoms with Crippen LogP contribution in [0.15, 0.2) is 72.8 Å². The fraction of sp³-hybridized carbons (Fsp3) is 0.167. The second-order valence-electron chi connectivity index (χ2n) is 9.05. The Kier molecular flexibility index (Phi) is 7.11. The van der Waals surface area contributed by atoms with Gasteiger partial charge in [0.15, 0.2) is 5.78 Å². The molecule has 0 spiro atoms. The van der Waals surface area contributed by atoms with Gasteiger partial charge in [0.2, 0.25) is 0 Å². The van der Waals surface area contributed by atoms with Crippen molar-refractivity contribution >= 4 is 23.4 Å². The number of nitrogens with zero attached hydrogens (tertiary/aromatic N) is 1. The van der Waals surface area contributed by atoms with Gasteiger partial charge in [-0.1, -0.05) is 17.7 Å². The number of hydrogen-bond donors (Lipinski definition) is 1. The zero-order valence-corrected chi connectivity index (χ0v) is 21.2. The summed E-state index contributed by atoms with van der Waals surface area (Å²) in [4.78, 5) is 29.0. The topological polar surface area (TPSA) is 85.7 Å². The van der Waals surface area contributed by atoms with Crippen molar-refractivity contribution in [3.8, 4) is 28.5 Å². The molecule has 1 aliphatic rings. The summed E-state index contributed by atoms with van der Waals surface area (Å²) in [6.07, 6.45) is 0.479. The molecule has 0 saturated heterocycles. The number of pyridine rings is 1. The third kappa shape index (κ3) is 5.38. The zero-order valence-electron chi connectivity index (χ0n) is 20.4. The summed E-state index contributed by atoms with van der Waals surface area (Å²) in [7, 11) is 0. The maximum absolute atomic E-state index is 13.6. The van der Waals surface area contributed by atoms with E-state index in [1.807, 2.05) is 12.1 Å². The van der Waals surface area contributed by atoms with Gasteiger partial charge in [-0.05, 0) is 79.6 Å². The van der Waals surface area contributed by atoms with Gasteiger partial charge < -0.3 is 14.6 Å². The maximum Gasteiger partial charge on any atom is 0.311 e. The number of ketones is 1. The number of aryl methyl sites for hydroxylation is 1. The number of hydrogen-bond acceptors (Lipinski definition) is 5. The van der Waals surface area contributed by atoms with Crippen LogP contribution in [-0.2, 0) is 11.2 Å². The van der Waals surface area contributed by atoms with Crippen LogP contribution in [0.1, 0.15) is 39.5 Å². The van der Waals surface area contributed by atoms with Gasteiger partial charge in [0.25, 0.3) is 0 Å². The van der Waals surface area contributed by atoms with Gasteiger partial charge in [0.05, 0.1) is 29.7 Å². The highest BCUT2D eigenvalue weighted by Crippen LogP contribution is 2.41. The first kappa shape index (κ1) is 25.4. The lowest BCUT2D eigenvalue weighted by atomic mass is 9.93. The van der Waals surface area contributed by atoms with Crippen LogP contribution >= 0.6 is 11.6 Å². The molecule has 0 amide bonds. The molecule has 0 bridgehead atoms. The number of fused-ring (bicyclic) bond motifs is 1. The summed E-state index contributed by atoms with van der Waals surface area (Å²) < 4.78 is 25.1. The summed E-state index contributed by atoms with van der Waals surface area (Å²) in [5.74, 6) is -0.774. The van der Waals surface area contributed by atoms with Gasteiger partial charge in [-0.2, -0.15) is 0 Å². The van der Waals surface area contributed by atoms with Crippen molar-refractivity contribution in [2.75, 3.05) is 6.61 Å². The SMILES string of the molecule is Cc1cc(-c2cccc(CC(=O)c3ccc(Oc4cc5c(cc4Cl)C(C(=O)O)CCO5)cc3)n2)ccc1F. The van der Waals surface area contributed by atoms with Crippen LogP contribution in [0.4, 0.5) is 4.39 Å². The van der Waals surface area contributed by atoms with Crippen molar-refractivity contribution in [1.29, 1.82) is 0 Å². The highest BCUT2D eigenvalue weighted by atomic mass is 35.5. The first-order chi connectivity index (χ1) is 18.3. The number of ether oxygens (including phenoxy) is 2. The second kappa shape index (κ2) is 10.6. The third-order valence-electron chi connectivity index (χ3n) is 6.41. The number of benzene rings is 3. The Hall–Kier alpha value is -4.23. The number of carboxylic acids is 1. The number of carbonyl (C=O) groups is 2. The van der Waals surface area contributed by atoms with Gasteiger partial charge >= 0.3 is 5.97 Å². The van der Waals surface area contributed by atoms with E-state index < -0.39 is 11.9 Å². The lowest BCUT2D eigenvalue weighted by molar-refractivity contribution is -0.139. The minimum absolute atomic E-state index is 0.104. The zero-order chi connectivity index (χ0) is 26.8.